The van der Waals surface area contributed by atoms with Gasteiger partial charge in [0, 0.05) is 42.7 Å². The molecule has 0 spiro atoms. The van der Waals surface area contributed by atoms with Gasteiger partial charge in [-0.25, -0.2) is 18.1 Å². The maximum absolute atomic E-state index is 12.3. The van der Waals surface area contributed by atoms with Gasteiger partial charge >= 0.3 is 0 Å². The van der Waals surface area contributed by atoms with Gasteiger partial charge in [-0.3, -0.25) is 4.79 Å². The van der Waals surface area contributed by atoms with E-state index in [2.05, 4.69) is 28.9 Å². The molecule has 146 valence electrons. The number of nitrogens with zero attached hydrogens (tertiary/aromatic N) is 3. The smallest absolute Gasteiger partial charge is 0.271 e. The molecule has 27 heavy (non-hydrogen) atoms. The maximum atomic E-state index is 12.3. The van der Waals surface area contributed by atoms with Crippen molar-refractivity contribution in [3.05, 3.63) is 52.8 Å². The van der Waals surface area contributed by atoms with Crippen LogP contribution < -0.4 is 5.43 Å². The van der Waals surface area contributed by atoms with E-state index in [1.165, 1.54) is 32.3 Å². The molecule has 0 aliphatic carbocycles. The Hall–Kier alpha value is -2.45. The molecule has 1 amide bonds. The van der Waals surface area contributed by atoms with Gasteiger partial charge in [-0.1, -0.05) is 6.07 Å². The second kappa shape index (κ2) is 8.06. The molecule has 1 heterocycles. The van der Waals surface area contributed by atoms with Gasteiger partial charge in [-0.15, -0.1) is 0 Å². The molecule has 1 N–H and O–H groups in total. The number of amides is 1. The number of sulfonamides is 1. The van der Waals surface area contributed by atoms with Crippen molar-refractivity contribution in [2.45, 2.75) is 38.6 Å². The van der Waals surface area contributed by atoms with Crippen LogP contribution in [0.2, 0.25) is 0 Å². The summed E-state index contributed by atoms with van der Waals surface area (Å²) in [6, 6.07) is 8.22. The molecule has 0 aliphatic rings. The predicted octanol–water partition coefficient (Wildman–Crippen LogP) is 2.70. The summed E-state index contributed by atoms with van der Waals surface area (Å²) >= 11 is 0. The Morgan fingerprint density at radius 1 is 1.22 bits per heavy atom. The summed E-state index contributed by atoms with van der Waals surface area (Å²) in [6.45, 7) is 8.25. The highest BCUT2D eigenvalue weighted by Gasteiger charge is 2.18. The SMILES string of the molecule is Cc1cc(/C=N\NC(=O)c2cccc(S(=O)(=O)N(C)C)c2)c(C)n1C(C)C. The minimum absolute atomic E-state index is 0.0598. The van der Waals surface area contributed by atoms with Gasteiger partial charge in [0.15, 0.2) is 0 Å². The minimum atomic E-state index is -3.60. The Kier molecular flexibility index (Phi) is 6.22. The molecule has 8 heteroatoms. The first-order valence-electron chi connectivity index (χ1n) is 8.60. The lowest BCUT2D eigenvalue weighted by molar-refractivity contribution is 0.0955. The molecule has 0 radical (unpaired) electrons. The zero-order chi connectivity index (χ0) is 20.4. The van der Waals surface area contributed by atoms with Crippen LogP contribution in [0.3, 0.4) is 0 Å². The van der Waals surface area contributed by atoms with E-state index in [-0.39, 0.29) is 10.5 Å². The van der Waals surface area contributed by atoms with Crippen molar-refractivity contribution in [2.24, 2.45) is 5.10 Å². The zero-order valence-electron chi connectivity index (χ0n) is 16.5. The van der Waals surface area contributed by atoms with Gasteiger partial charge in [0.05, 0.1) is 11.1 Å². The monoisotopic (exact) mass is 390 g/mol. The quantitative estimate of drug-likeness (QED) is 0.608. The van der Waals surface area contributed by atoms with Crippen LogP contribution in [-0.2, 0) is 10.0 Å². The van der Waals surface area contributed by atoms with Crippen molar-refractivity contribution in [2.75, 3.05) is 14.1 Å². The molecule has 0 saturated heterocycles. The van der Waals surface area contributed by atoms with Crippen LogP contribution in [0.5, 0.6) is 0 Å². The van der Waals surface area contributed by atoms with E-state index in [1.807, 2.05) is 19.9 Å². The number of nitrogens with one attached hydrogen (secondary N) is 1. The van der Waals surface area contributed by atoms with Crippen LogP contribution in [0.15, 0.2) is 40.3 Å². The number of aromatic nitrogens is 1. The fraction of sp³-hybridized carbons (Fsp3) is 0.368. The van der Waals surface area contributed by atoms with Gasteiger partial charge in [-0.2, -0.15) is 5.10 Å². The summed E-state index contributed by atoms with van der Waals surface area (Å²) in [5.74, 6) is -0.472. The molecule has 0 fully saturated rings. The Labute approximate surface area is 160 Å². The first kappa shape index (κ1) is 20.9. The third-order valence-corrected chi connectivity index (χ3v) is 6.10. The summed E-state index contributed by atoms with van der Waals surface area (Å²) in [5.41, 5.74) is 5.79. The Morgan fingerprint density at radius 3 is 2.44 bits per heavy atom. The Balaban J connectivity index is 2.18. The van der Waals surface area contributed by atoms with Crippen molar-refractivity contribution < 1.29 is 13.2 Å². The van der Waals surface area contributed by atoms with Crippen molar-refractivity contribution in [1.29, 1.82) is 0 Å². The number of carbonyl (C=O) groups excluding carboxylic acids is 1. The summed E-state index contributed by atoms with van der Waals surface area (Å²) in [5, 5.41) is 4.02. The van der Waals surface area contributed by atoms with Crippen molar-refractivity contribution in [3.63, 3.8) is 0 Å². The van der Waals surface area contributed by atoms with Gasteiger partial charge in [0.2, 0.25) is 10.0 Å². The lowest BCUT2D eigenvalue weighted by Gasteiger charge is -2.13. The summed E-state index contributed by atoms with van der Waals surface area (Å²) in [7, 11) is -0.711. The highest BCUT2D eigenvalue weighted by molar-refractivity contribution is 7.89. The largest absolute Gasteiger partial charge is 0.346 e. The average molecular weight is 391 g/mol. The highest BCUT2D eigenvalue weighted by atomic mass is 32.2. The third-order valence-electron chi connectivity index (χ3n) is 4.28. The molecule has 7 nitrogen and oxygen atoms in total. The average Bonchev–Trinajstić information content (AvgIpc) is 2.88. The Bertz CT molecular complexity index is 973. The number of hydrogen-bond donors (Lipinski definition) is 1. The normalized spacial score (nSPS) is 12.3. The second-order valence-corrected chi connectivity index (χ2v) is 8.96. The Morgan fingerprint density at radius 2 is 1.89 bits per heavy atom. The third kappa shape index (κ3) is 4.45. The number of aryl methyl sites for hydroxylation is 1. The second-order valence-electron chi connectivity index (χ2n) is 6.80. The van der Waals surface area contributed by atoms with Crippen LogP contribution in [0.4, 0.5) is 0 Å². The molecule has 2 aromatic rings. The minimum Gasteiger partial charge on any atom is -0.346 e. The molecule has 0 atom stereocenters. The van der Waals surface area contributed by atoms with E-state index in [1.54, 1.807) is 12.3 Å². The van der Waals surface area contributed by atoms with E-state index >= 15 is 0 Å². The molecule has 1 aromatic carbocycles. The molecule has 0 saturated carbocycles. The van der Waals surface area contributed by atoms with E-state index in [9.17, 15) is 13.2 Å². The van der Waals surface area contributed by atoms with E-state index in [0.29, 0.717) is 6.04 Å². The summed E-state index contributed by atoms with van der Waals surface area (Å²) < 4.78 is 27.7. The number of rotatable bonds is 6. The fourth-order valence-electron chi connectivity index (χ4n) is 2.96. The van der Waals surface area contributed by atoms with Gasteiger partial charge in [0.25, 0.3) is 5.91 Å². The van der Waals surface area contributed by atoms with Crippen LogP contribution in [-0.4, -0.2) is 43.5 Å². The maximum Gasteiger partial charge on any atom is 0.271 e. The van der Waals surface area contributed by atoms with Crippen molar-refractivity contribution in [3.8, 4) is 0 Å². The summed E-state index contributed by atoms with van der Waals surface area (Å²) in [4.78, 5) is 12.4. The van der Waals surface area contributed by atoms with Crippen LogP contribution in [0.25, 0.3) is 0 Å². The number of hydrazone groups is 1. The molecule has 1 aromatic heterocycles. The molecule has 2 rings (SSSR count). The highest BCUT2D eigenvalue weighted by Crippen LogP contribution is 2.19. The van der Waals surface area contributed by atoms with Gasteiger partial charge in [0.1, 0.15) is 0 Å². The molecule has 0 bridgehead atoms. The summed E-state index contributed by atoms with van der Waals surface area (Å²) in [6.07, 6.45) is 1.60. The fourth-order valence-corrected chi connectivity index (χ4v) is 3.91. The lowest BCUT2D eigenvalue weighted by atomic mass is 10.2. The predicted molar refractivity (Wildman–Crippen MR) is 107 cm³/mol. The van der Waals surface area contributed by atoms with E-state index in [4.69, 9.17) is 0 Å². The van der Waals surface area contributed by atoms with Crippen molar-refractivity contribution >= 4 is 22.1 Å². The van der Waals surface area contributed by atoms with Crippen molar-refractivity contribution in [1.82, 2.24) is 14.3 Å². The first-order chi connectivity index (χ1) is 12.6. The van der Waals surface area contributed by atoms with Crippen LogP contribution >= 0.6 is 0 Å². The van der Waals surface area contributed by atoms with Crippen LogP contribution in [0, 0.1) is 13.8 Å². The molecule has 0 aliphatic heterocycles. The molecule has 0 unspecified atom stereocenters. The number of carbonyl (C=O) groups is 1. The van der Waals surface area contributed by atoms with Gasteiger partial charge < -0.3 is 4.57 Å². The molecular formula is C19H26N4O3S. The first-order valence-corrected chi connectivity index (χ1v) is 10.0. The zero-order valence-corrected chi connectivity index (χ0v) is 17.3. The van der Waals surface area contributed by atoms with E-state index in [0.717, 1.165) is 21.3 Å². The van der Waals surface area contributed by atoms with Crippen LogP contribution in [0.1, 0.15) is 47.2 Å². The topological polar surface area (TPSA) is 83.8 Å². The molecular weight excluding hydrogens is 364 g/mol. The standard InChI is InChI=1S/C19H26N4O3S/c1-13(2)23-14(3)10-17(15(23)4)12-20-21-19(24)16-8-7-9-18(11-16)27(25,26)22(5)6/h7-13H,1-6H3,(H,21,24)/b20-12-. The lowest BCUT2D eigenvalue weighted by Crippen LogP contribution is -2.23. The number of benzene rings is 1. The van der Waals surface area contributed by atoms with Gasteiger partial charge in [-0.05, 0) is 52.0 Å². The number of hydrogen-bond acceptors (Lipinski definition) is 4. The van der Waals surface area contributed by atoms with E-state index < -0.39 is 15.9 Å².